The number of nitrogens with one attached hydrogen (secondary N) is 1. The second-order valence-electron chi connectivity index (χ2n) is 9.34. The molecule has 38 heavy (non-hydrogen) atoms. The summed E-state index contributed by atoms with van der Waals surface area (Å²) in [6, 6.07) is 4.41. The first kappa shape index (κ1) is 27.3. The summed E-state index contributed by atoms with van der Waals surface area (Å²) in [6.45, 7) is 2.16. The smallest absolute Gasteiger partial charge is 0.338 e. The number of halogens is 6. The van der Waals surface area contributed by atoms with Crippen LogP contribution >= 0.6 is 35.0 Å². The number of likely N-dealkylation sites (N-methyl/N-ethyl adjacent to an activating group) is 1. The topological polar surface area (TPSA) is 58.6 Å². The van der Waals surface area contributed by atoms with Crippen LogP contribution in [0.1, 0.15) is 52.4 Å². The number of nitrogens with zero attached hydrogens (tertiary/aromatic N) is 1. The second kappa shape index (κ2) is 10.0. The van der Waals surface area contributed by atoms with Crippen LogP contribution in [0.5, 0.6) is 0 Å². The largest absolute Gasteiger partial charge is 0.407 e. The summed E-state index contributed by atoms with van der Waals surface area (Å²) in [7, 11) is 0. The van der Waals surface area contributed by atoms with E-state index in [1.165, 1.54) is 10.5 Å². The zero-order chi connectivity index (χ0) is 27.4. The van der Waals surface area contributed by atoms with Crippen LogP contribution in [-0.2, 0) is 27.2 Å². The molecule has 2 aliphatic heterocycles. The number of alkyl halides is 3. The number of rotatable bonds is 5. The molecule has 1 aliphatic carbocycles. The Morgan fingerprint density at radius 3 is 2.53 bits per heavy atom. The van der Waals surface area contributed by atoms with E-state index < -0.39 is 45.2 Å². The monoisotopic (exact) mass is 588 g/mol. The van der Waals surface area contributed by atoms with Crippen molar-refractivity contribution >= 4 is 52.4 Å². The first-order chi connectivity index (χ1) is 18.0. The normalized spacial score (nSPS) is 23.1. The van der Waals surface area contributed by atoms with Gasteiger partial charge in [-0.2, -0.15) is 13.2 Å². The molecule has 2 aromatic rings. The minimum atomic E-state index is -4.69. The fourth-order valence-corrected chi connectivity index (χ4v) is 6.92. The Bertz CT molecular complexity index is 1340. The van der Waals surface area contributed by atoms with E-state index in [-0.39, 0.29) is 18.1 Å². The van der Waals surface area contributed by atoms with Crippen LogP contribution in [0.25, 0.3) is 5.57 Å². The Kier molecular flexibility index (Phi) is 7.21. The number of benzene rings is 2. The van der Waals surface area contributed by atoms with Gasteiger partial charge >= 0.3 is 6.18 Å². The molecule has 1 saturated heterocycles. The summed E-state index contributed by atoms with van der Waals surface area (Å²) in [4.78, 5) is 30.7. The lowest BCUT2D eigenvalue weighted by atomic mass is 9.85. The molecule has 0 radical (unpaired) electrons. The van der Waals surface area contributed by atoms with Crippen molar-refractivity contribution in [3.63, 3.8) is 0 Å². The van der Waals surface area contributed by atoms with Gasteiger partial charge in [-0.1, -0.05) is 29.3 Å². The van der Waals surface area contributed by atoms with Crippen molar-refractivity contribution in [1.82, 2.24) is 10.4 Å². The molecular formula is C26H22Cl2F4N2O3S. The van der Waals surface area contributed by atoms with Gasteiger partial charge in [0.2, 0.25) is 0 Å². The molecule has 1 unspecified atom stereocenters. The zero-order valence-corrected chi connectivity index (χ0v) is 22.4. The summed E-state index contributed by atoms with van der Waals surface area (Å²) in [5.41, 5.74) is 2.87. The maximum atomic E-state index is 14.5. The minimum absolute atomic E-state index is 0.0414. The SMILES string of the molecule is CCN1OC[C@@H](NC(=O)c2ccc(C3=CSC(c4cc(Cl)c(F)c(Cl)c4)(C(F)(F)F)C3)c3c2CCC3)C1=O. The second-order valence-corrected chi connectivity index (χ2v) is 11.3. The highest BCUT2D eigenvalue weighted by molar-refractivity contribution is 8.03. The van der Waals surface area contributed by atoms with Crippen LogP contribution in [-0.4, -0.2) is 42.2 Å². The molecule has 0 spiro atoms. The fraction of sp³-hybridized carbons (Fsp3) is 0.385. The van der Waals surface area contributed by atoms with Gasteiger partial charge in [-0.3, -0.25) is 14.4 Å². The lowest BCUT2D eigenvalue weighted by molar-refractivity contribution is -0.160. The van der Waals surface area contributed by atoms with Gasteiger partial charge in [0, 0.05) is 18.5 Å². The van der Waals surface area contributed by atoms with Gasteiger partial charge in [-0.05, 0) is 77.6 Å². The Hall–Kier alpha value is -2.27. The van der Waals surface area contributed by atoms with Crippen molar-refractivity contribution < 1.29 is 32.0 Å². The van der Waals surface area contributed by atoms with Crippen molar-refractivity contribution in [2.45, 2.75) is 49.6 Å². The molecule has 2 heterocycles. The molecule has 1 fully saturated rings. The third-order valence-corrected chi connectivity index (χ3v) is 9.12. The third kappa shape index (κ3) is 4.49. The van der Waals surface area contributed by atoms with E-state index in [0.717, 1.165) is 29.7 Å². The first-order valence-corrected chi connectivity index (χ1v) is 13.6. The van der Waals surface area contributed by atoms with Crippen LogP contribution in [0.3, 0.4) is 0 Å². The molecule has 12 heteroatoms. The molecule has 0 aromatic heterocycles. The highest BCUT2D eigenvalue weighted by Crippen LogP contribution is 2.60. The number of hydrogen-bond acceptors (Lipinski definition) is 4. The standard InChI is InChI=1S/C26H22Cl2F4N2O3S/c1-2-34-24(36)21(11-37-34)33-23(35)18-7-6-15(16-4-3-5-17(16)18)13-10-25(38-12-13,26(30,31)32)14-8-19(27)22(29)20(28)9-14/h6-9,12,21H,2-5,10-11H2,1H3,(H,33,35)/t21-,25?/m1/s1. The van der Waals surface area contributed by atoms with Gasteiger partial charge in [-0.15, -0.1) is 11.8 Å². The maximum Gasteiger partial charge on any atom is 0.407 e. The van der Waals surface area contributed by atoms with E-state index in [9.17, 15) is 27.2 Å². The Morgan fingerprint density at radius 2 is 1.89 bits per heavy atom. The lowest BCUT2D eigenvalue weighted by Crippen LogP contribution is -2.42. The third-order valence-electron chi connectivity index (χ3n) is 7.16. The Morgan fingerprint density at radius 1 is 1.21 bits per heavy atom. The van der Waals surface area contributed by atoms with Crippen LogP contribution < -0.4 is 5.32 Å². The fourth-order valence-electron chi connectivity index (χ4n) is 5.25. The number of allylic oxidation sites excluding steroid dienone is 1. The number of hydrogen-bond donors (Lipinski definition) is 1. The summed E-state index contributed by atoms with van der Waals surface area (Å²) in [5, 5.41) is 4.43. The predicted octanol–water partition coefficient (Wildman–Crippen LogP) is 6.45. The van der Waals surface area contributed by atoms with E-state index in [1.54, 1.807) is 19.1 Å². The molecule has 202 valence electrons. The predicted molar refractivity (Wildman–Crippen MR) is 137 cm³/mol. The molecule has 2 atom stereocenters. The van der Waals surface area contributed by atoms with Crippen LogP contribution in [0, 0.1) is 5.82 Å². The number of fused-ring (bicyclic) bond motifs is 1. The van der Waals surface area contributed by atoms with E-state index in [4.69, 9.17) is 28.0 Å². The average Bonchev–Trinajstić information content (AvgIpc) is 3.61. The molecule has 0 saturated carbocycles. The highest BCUT2D eigenvalue weighted by Gasteiger charge is 2.59. The highest BCUT2D eigenvalue weighted by atomic mass is 35.5. The van der Waals surface area contributed by atoms with Gasteiger partial charge in [0.25, 0.3) is 11.8 Å². The lowest BCUT2D eigenvalue weighted by Gasteiger charge is -2.32. The molecule has 2 amide bonds. The molecular weight excluding hydrogens is 567 g/mol. The molecule has 5 nitrogen and oxygen atoms in total. The number of carbonyl (C=O) groups is 2. The van der Waals surface area contributed by atoms with Crippen molar-refractivity contribution in [3.8, 4) is 0 Å². The van der Waals surface area contributed by atoms with Crippen LogP contribution in [0.4, 0.5) is 17.6 Å². The average molecular weight is 589 g/mol. The van der Waals surface area contributed by atoms with Gasteiger partial charge < -0.3 is 5.32 Å². The van der Waals surface area contributed by atoms with Gasteiger partial charge in [0.1, 0.15) is 17.4 Å². The zero-order valence-electron chi connectivity index (χ0n) is 20.1. The Balaban J connectivity index is 1.45. The van der Waals surface area contributed by atoms with E-state index in [2.05, 4.69) is 5.32 Å². The van der Waals surface area contributed by atoms with E-state index in [1.807, 2.05) is 0 Å². The number of carbonyl (C=O) groups excluding carboxylic acids is 2. The van der Waals surface area contributed by atoms with Gasteiger partial charge in [-0.25, -0.2) is 9.45 Å². The van der Waals surface area contributed by atoms with Crippen molar-refractivity contribution in [1.29, 1.82) is 0 Å². The van der Waals surface area contributed by atoms with Gasteiger partial charge in [0.05, 0.1) is 10.0 Å². The molecule has 5 rings (SSSR count). The Labute approximate surface area is 230 Å². The maximum absolute atomic E-state index is 14.5. The number of thioether (sulfide) groups is 1. The molecule has 0 bridgehead atoms. The minimum Gasteiger partial charge on any atom is -0.338 e. The van der Waals surface area contributed by atoms with Crippen LogP contribution in [0.15, 0.2) is 29.7 Å². The number of amides is 2. The van der Waals surface area contributed by atoms with E-state index >= 15 is 0 Å². The number of hydroxylamine groups is 2. The van der Waals surface area contributed by atoms with Crippen molar-refractivity contribution in [3.05, 3.63) is 73.4 Å². The first-order valence-electron chi connectivity index (χ1n) is 12.0. The quantitative estimate of drug-likeness (QED) is 0.322. The van der Waals surface area contributed by atoms with Crippen molar-refractivity contribution in [2.24, 2.45) is 0 Å². The molecule has 2 aromatic carbocycles. The van der Waals surface area contributed by atoms with Gasteiger partial charge in [0.15, 0.2) is 5.82 Å². The molecule has 1 N–H and O–H groups in total. The molecule has 3 aliphatic rings. The summed E-state index contributed by atoms with van der Waals surface area (Å²) < 4.78 is 55.2. The summed E-state index contributed by atoms with van der Waals surface area (Å²) in [6.07, 6.45) is -3.15. The van der Waals surface area contributed by atoms with Crippen LogP contribution in [0.2, 0.25) is 10.0 Å². The van der Waals surface area contributed by atoms with E-state index in [0.29, 0.717) is 47.8 Å². The summed E-state index contributed by atoms with van der Waals surface area (Å²) >= 11 is 12.3. The summed E-state index contributed by atoms with van der Waals surface area (Å²) in [5.74, 6) is -1.72. The van der Waals surface area contributed by atoms with Crippen molar-refractivity contribution in [2.75, 3.05) is 13.2 Å².